The first-order valence-electron chi connectivity index (χ1n) is 10.9. The van der Waals surface area contributed by atoms with E-state index in [1.165, 1.54) is 17.7 Å². The standard InChI is InChI=1S/C24H26ClFN2O5/c1-15-2-5-17(6-3-15)33-19-11-28(12-19)24(30)22-9-4-16(13-32-22)27-23(29)14-31-18-7-8-20(25)21(26)10-18/h2-3,5-8,10,16,19,22H,4,9,11-14H2,1H3,(H,27,29)/t16-,22+/m1/s1. The summed E-state index contributed by atoms with van der Waals surface area (Å²) in [4.78, 5) is 26.5. The van der Waals surface area contributed by atoms with E-state index in [2.05, 4.69) is 5.32 Å². The molecule has 0 aromatic heterocycles. The first-order chi connectivity index (χ1) is 15.9. The molecule has 2 fully saturated rings. The van der Waals surface area contributed by atoms with Crippen LogP contribution in [-0.4, -0.2) is 61.3 Å². The maximum Gasteiger partial charge on any atom is 0.258 e. The van der Waals surface area contributed by atoms with E-state index >= 15 is 0 Å². The Kier molecular flexibility index (Phi) is 7.35. The Hall–Kier alpha value is -2.84. The molecule has 7 nitrogen and oxygen atoms in total. The molecule has 0 saturated carbocycles. The Morgan fingerprint density at radius 2 is 1.88 bits per heavy atom. The zero-order valence-electron chi connectivity index (χ0n) is 18.3. The van der Waals surface area contributed by atoms with Gasteiger partial charge in [-0.1, -0.05) is 29.3 Å². The quantitative estimate of drug-likeness (QED) is 0.664. The number of nitrogens with zero attached hydrogens (tertiary/aromatic N) is 1. The summed E-state index contributed by atoms with van der Waals surface area (Å²) in [6.07, 6.45) is 0.621. The van der Waals surface area contributed by atoms with Crippen molar-refractivity contribution in [2.45, 2.75) is 38.0 Å². The molecule has 176 valence electrons. The number of nitrogens with one attached hydrogen (secondary N) is 1. The van der Waals surface area contributed by atoms with Gasteiger partial charge in [0.25, 0.3) is 11.8 Å². The minimum absolute atomic E-state index is 0.0113. The van der Waals surface area contributed by atoms with Crippen molar-refractivity contribution in [1.29, 1.82) is 0 Å². The lowest BCUT2D eigenvalue weighted by atomic mass is 10.0. The van der Waals surface area contributed by atoms with Crippen molar-refractivity contribution in [3.8, 4) is 11.5 Å². The van der Waals surface area contributed by atoms with Gasteiger partial charge in [0.2, 0.25) is 0 Å². The van der Waals surface area contributed by atoms with Gasteiger partial charge in [-0.3, -0.25) is 9.59 Å². The van der Waals surface area contributed by atoms with Crippen LogP contribution in [0.5, 0.6) is 11.5 Å². The van der Waals surface area contributed by atoms with E-state index in [1.807, 2.05) is 31.2 Å². The summed E-state index contributed by atoms with van der Waals surface area (Å²) < 4.78 is 30.3. The van der Waals surface area contributed by atoms with E-state index in [0.29, 0.717) is 25.9 Å². The molecular formula is C24H26ClFN2O5. The second-order valence-electron chi connectivity index (χ2n) is 8.32. The molecule has 2 aromatic carbocycles. The Morgan fingerprint density at radius 1 is 1.15 bits per heavy atom. The second kappa shape index (κ2) is 10.4. The molecule has 2 heterocycles. The number of ether oxygens (including phenoxy) is 3. The summed E-state index contributed by atoms with van der Waals surface area (Å²) in [5, 5.41) is 2.81. The third-order valence-electron chi connectivity index (χ3n) is 5.66. The maximum atomic E-state index is 13.4. The van der Waals surface area contributed by atoms with Gasteiger partial charge in [-0.15, -0.1) is 0 Å². The third-order valence-corrected chi connectivity index (χ3v) is 5.97. The third kappa shape index (κ3) is 6.15. The van der Waals surface area contributed by atoms with Crippen molar-refractivity contribution in [2.24, 2.45) is 0 Å². The normalized spacial score (nSPS) is 20.6. The number of benzene rings is 2. The average molecular weight is 477 g/mol. The monoisotopic (exact) mass is 476 g/mol. The Morgan fingerprint density at radius 3 is 2.55 bits per heavy atom. The Balaban J connectivity index is 1.14. The van der Waals surface area contributed by atoms with E-state index in [0.717, 1.165) is 11.8 Å². The number of rotatable bonds is 7. The summed E-state index contributed by atoms with van der Waals surface area (Å²) in [6.45, 7) is 3.08. The zero-order chi connectivity index (χ0) is 23.4. The lowest BCUT2D eigenvalue weighted by Gasteiger charge is -2.41. The van der Waals surface area contributed by atoms with Crippen LogP contribution in [0.1, 0.15) is 18.4 Å². The molecule has 2 atom stereocenters. The van der Waals surface area contributed by atoms with Crippen molar-refractivity contribution in [1.82, 2.24) is 10.2 Å². The van der Waals surface area contributed by atoms with Gasteiger partial charge in [0.1, 0.15) is 29.5 Å². The molecule has 1 N–H and O–H groups in total. The molecule has 9 heteroatoms. The molecule has 2 amide bonds. The van der Waals surface area contributed by atoms with E-state index in [1.54, 1.807) is 4.90 Å². The highest BCUT2D eigenvalue weighted by Crippen LogP contribution is 2.23. The van der Waals surface area contributed by atoms with Gasteiger partial charge in [0.05, 0.1) is 30.8 Å². The van der Waals surface area contributed by atoms with Gasteiger partial charge in [-0.2, -0.15) is 0 Å². The molecule has 2 aromatic rings. The number of carbonyl (C=O) groups excluding carboxylic acids is 2. The van der Waals surface area contributed by atoms with Crippen molar-refractivity contribution >= 4 is 23.4 Å². The van der Waals surface area contributed by atoms with Gasteiger partial charge in [0, 0.05) is 6.07 Å². The molecule has 2 saturated heterocycles. The predicted octanol–water partition coefficient (Wildman–Crippen LogP) is 3.12. The largest absolute Gasteiger partial charge is 0.487 e. The highest BCUT2D eigenvalue weighted by molar-refractivity contribution is 6.30. The molecule has 0 aliphatic carbocycles. The number of halogens is 2. The second-order valence-corrected chi connectivity index (χ2v) is 8.73. The fraction of sp³-hybridized carbons (Fsp3) is 0.417. The van der Waals surface area contributed by atoms with E-state index in [-0.39, 0.29) is 47.9 Å². The highest BCUT2D eigenvalue weighted by Gasteiger charge is 2.38. The van der Waals surface area contributed by atoms with E-state index < -0.39 is 11.9 Å². The number of hydrogen-bond donors (Lipinski definition) is 1. The SMILES string of the molecule is Cc1ccc(OC2CN(C(=O)[C@@H]3CC[C@@H](NC(=O)COc4ccc(Cl)c(F)c4)CO3)C2)cc1. The first-order valence-corrected chi connectivity index (χ1v) is 11.3. The van der Waals surface area contributed by atoms with Gasteiger partial charge in [-0.05, 0) is 44.0 Å². The first kappa shape index (κ1) is 23.3. The summed E-state index contributed by atoms with van der Waals surface area (Å²) in [6, 6.07) is 11.6. The molecule has 0 radical (unpaired) electrons. The van der Waals surface area contributed by atoms with Crippen molar-refractivity contribution in [3.63, 3.8) is 0 Å². The Bertz CT molecular complexity index is 989. The lowest BCUT2D eigenvalue weighted by molar-refractivity contribution is -0.156. The molecule has 0 bridgehead atoms. The topological polar surface area (TPSA) is 77.1 Å². The number of carbonyl (C=O) groups is 2. The predicted molar refractivity (Wildman–Crippen MR) is 120 cm³/mol. The lowest BCUT2D eigenvalue weighted by Crippen LogP contribution is -2.59. The van der Waals surface area contributed by atoms with Crippen molar-refractivity contribution < 1.29 is 28.2 Å². The molecule has 0 spiro atoms. The summed E-state index contributed by atoms with van der Waals surface area (Å²) in [5.74, 6) is 0.0209. The van der Waals surface area contributed by atoms with E-state index in [9.17, 15) is 14.0 Å². The zero-order valence-corrected chi connectivity index (χ0v) is 19.0. The van der Waals surface area contributed by atoms with E-state index in [4.69, 9.17) is 25.8 Å². The van der Waals surface area contributed by atoms with Crippen LogP contribution in [0.3, 0.4) is 0 Å². The van der Waals surface area contributed by atoms with Crippen LogP contribution in [0.15, 0.2) is 42.5 Å². The van der Waals surface area contributed by atoms with Crippen LogP contribution in [0.25, 0.3) is 0 Å². The Labute approximate surface area is 196 Å². The van der Waals surface area contributed by atoms with Crippen LogP contribution < -0.4 is 14.8 Å². The van der Waals surface area contributed by atoms with Crippen LogP contribution in [0, 0.1) is 12.7 Å². The van der Waals surface area contributed by atoms with Crippen LogP contribution in [0.2, 0.25) is 5.02 Å². The highest BCUT2D eigenvalue weighted by atomic mass is 35.5. The summed E-state index contributed by atoms with van der Waals surface area (Å²) in [5.41, 5.74) is 1.17. The fourth-order valence-electron chi connectivity index (χ4n) is 3.75. The molecule has 4 rings (SSSR count). The maximum absolute atomic E-state index is 13.4. The summed E-state index contributed by atoms with van der Waals surface area (Å²) in [7, 11) is 0. The molecule has 0 unspecified atom stereocenters. The molecular weight excluding hydrogens is 451 g/mol. The fourth-order valence-corrected chi connectivity index (χ4v) is 3.87. The average Bonchev–Trinajstić information content (AvgIpc) is 2.78. The van der Waals surface area contributed by atoms with Gasteiger partial charge < -0.3 is 24.4 Å². The molecule has 2 aliphatic rings. The van der Waals surface area contributed by atoms with Gasteiger partial charge >= 0.3 is 0 Å². The van der Waals surface area contributed by atoms with Gasteiger partial charge in [0.15, 0.2) is 6.61 Å². The molecule has 33 heavy (non-hydrogen) atoms. The van der Waals surface area contributed by atoms with Crippen molar-refractivity contribution in [3.05, 3.63) is 58.9 Å². The minimum atomic E-state index is -0.610. The van der Waals surface area contributed by atoms with Crippen molar-refractivity contribution in [2.75, 3.05) is 26.3 Å². The van der Waals surface area contributed by atoms with Crippen LogP contribution >= 0.6 is 11.6 Å². The number of amides is 2. The summed E-state index contributed by atoms with van der Waals surface area (Å²) >= 11 is 5.63. The number of likely N-dealkylation sites (tertiary alicyclic amines) is 1. The number of hydrogen-bond acceptors (Lipinski definition) is 5. The minimum Gasteiger partial charge on any atom is -0.487 e. The van der Waals surface area contributed by atoms with Crippen LogP contribution in [0.4, 0.5) is 4.39 Å². The van der Waals surface area contributed by atoms with Gasteiger partial charge in [-0.25, -0.2) is 4.39 Å². The van der Waals surface area contributed by atoms with Crippen LogP contribution in [-0.2, 0) is 14.3 Å². The smallest absolute Gasteiger partial charge is 0.258 e. The molecule has 2 aliphatic heterocycles. The number of aryl methyl sites for hydroxylation is 1.